The lowest BCUT2D eigenvalue weighted by Gasteiger charge is -2.14. The summed E-state index contributed by atoms with van der Waals surface area (Å²) in [6.45, 7) is 3.52. The highest BCUT2D eigenvalue weighted by molar-refractivity contribution is 8.00. The summed E-state index contributed by atoms with van der Waals surface area (Å²) < 4.78 is 0. The van der Waals surface area contributed by atoms with Crippen LogP contribution >= 0.6 is 23.4 Å². The standard InChI is InChI=1S/C24H22ClN3O4S/c1-15-6-11-20(28(31)32)14-22(15)27-24(30)16(2)33-21-5-3-4-19(13-21)26-23(29)12-17-7-9-18(25)10-8-17/h3-11,13-14,16H,12H2,1-2H3,(H,26,29)(H,27,30). The molecule has 1 unspecified atom stereocenters. The number of hydrogen-bond donors (Lipinski definition) is 2. The number of thioether (sulfide) groups is 1. The monoisotopic (exact) mass is 483 g/mol. The first-order valence-corrected chi connectivity index (χ1v) is 11.3. The molecular formula is C24H22ClN3O4S. The molecule has 1 atom stereocenters. The van der Waals surface area contributed by atoms with E-state index < -0.39 is 10.2 Å². The number of nitrogens with one attached hydrogen (secondary N) is 2. The van der Waals surface area contributed by atoms with Gasteiger partial charge in [0.2, 0.25) is 11.8 Å². The Morgan fingerprint density at radius 3 is 2.48 bits per heavy atom. The van der Waals surface area contributed by atoms with Gasteiger partial charge in [0.15, 0.2) is 0 Å². The maximum absolute atomic E-state index is 12.7. The molecule has 7 nitrogen and oxygen atoms in total. The van der Waals surface area contributed by atoms with E-state index in [0.717, 1.165) is 16.0 Å². The number of anilines is 2. The molecule has 0 aliphatic rings. The highest BCUT2D eigenvalue weighted by Gasteiger charge is 2.17. The molecule has 0 fully saturated rings. The number of carbonyl (C=O) groups is 2. The number of hydrogen-bond acceptors (Lipinski definition) is 5. The number of rotatable bonds is 8. The molecule has 0 aliphatic carbocycles. The second-order valence-electron chi connectivity index (χ2n) is 7.38. The Morgan fingerprint density at radius 2 is 1.79 bits per heavy atom. The van der Waals surface area contributed by atoms with Crippen LogP contribution in [0.5, 0.6) is 0 Å². The molecule has 0 heterocycles. The molecule has 2 amide bonds. The van der Waals surface area contributed by atoms with E-state index in [1.54, 1.807) is 62.4 Å². The second kappa shape index (κ2) is 11.0. The van der Waals surface area contributed by atoms with Crippen molar-refractivity contribution in [1.82, 2.24) is 0 Å². The van der Waals surface area contributed by atoms with Crippen LogP contribution in [0.4, 0.5) is 17.1 Å². The molecule has 2 N–H and O–H groups in total. The van der Waals surface area contributed by atoms with Gasteiger partial charge in [0.25, 0.3) is 5.69 Å². The molecule has 0 aliphatic heterocycles. The largest absolute Gasteiger partial charge is 0.326 e. The third-order valence-corrected chi connectivity index (χ3v) is 6.11. The van der Waals surface area contributed by atoms with Crippen LogP contribution in [0.15, 0.2) is 71.6 Å². The van der Waals surface area contributed by atoms with Crippen LogP contribution in [0.1, 0.15) is 18.1 Å². The Bertz CT molecular complexity index is 1180. The maximum Gasteiger partial charge on any atom is 0.271 e. The van der Waals surface area contributed by atoms with Crippen LogP contribution in [0.2, 0.25) is 5.02 Å². The van der Waals surface area contributed by atoms with Gasteiger partial charge in [0.1, 0.15) is 0 Å². The molecule has 0 aromatic heterocycles. The zero-order valence-corrected chi connectivity index (χ0v) is 19.6. The van der Waals surface area contributed by atoms with Gasteiger partial charge in [-0.05, 0) is 55.3 Å². The molecule has 170 valence electrons. The number of nitro groups is 1. The van der Waals surface area contributed by atoms with Crippen molar-refractivity contribution in [1.29, 1.82) is 0 Å². The second-order valence-corrected chi connectivity index (χ2v) is 9.24. The number of nitro benzene ring substituents is 1. The van der Waals surface area contributed by atoms with E-state index >= 15 is 0 Å². The van der Waals surface area contributed by atoms with Crippen LogP contribution < -0.4 is 10.6 Å². The van der Waals surface area contributed by atoms with Gasteiger partial charge in [-0.25, -0.2) is 0 Å². The number of halogens is 1. The maximum atomic E-state index is 12.7. The number of amides is 2. The topological polar surface area (TPSA) is 101 Å². The number of nitrogens with zero attached hydrogens (tertiary/aromatic N) is 1. The van der Waals surface area contributed by atoms with Crippen LogP contribution in [-0.4, -0.2) is 22.0 Å². The summed E-state index contributed by atoms with van der Waals surface area (Å²) in [6, 6.07) is 18.7. The van der Waals surface area contributed by atoms with E-state index in [-0.39, 0.29) is 23.9 Å². The summed E-state index contributed by atoms with van der Waals surface area (Å²) in [4.78, 5) is 36.3. The predicted molar refractivity (Wildman–Crippen MR) is 132 cm³/mol. The lowest BCUT2D eigenvalue weighted by molar-refractivity contribution is -0.384. The Morgan fingerprint density at radius 1 is 1.06 bits per heavy atom. The summed E-state index contributed by atoms with van der Waals surface area (Å²) in [5.74, 6) is -0.438. The average Bonchev–Trinajstić information content (AvgIpc) is 2.76. The van der Waals surface area contributed by atoms with E-state index in [1.165, 1.54) is 23.9 Å². The van der Waals surface area contributed by atoms with Gasteiger partial charge in [-0.1, -0.05) is 35.9 Å². The Hall–Kier alpha value is -3.36. The smallest absolute Gasteiger partial charge is 0.271 e. The van der Waals surface area contributed by atoms with Gasteiger partial charge < -0.3 is 10.6 Å². The molecule has 9 heteroatoms. The summed E-state index contributed by atoms with van der Waals surface area (Å²) in [6.07, 6.45) is 0.218. The number of aryl methyl sites for hydroxylation is 1. The Balaban J connectivity index is 1.60. The van der Waals surface area contributed by atoms with Crippen molar-refractivity contribution in [3.05, 3.63) is 93.0 Å². The Labute approximate surface area is 200 Å². The third-order valence-electron chi connectivity index (χ3n) is 4.77. The summed E-state index contributed by atoms with van der Waals surface area (Å²) in [7, 11) is 0. The van der Waals surface area contributed by atoms with Crippen molar-refractivity contribution >= 4 is 52.2 Å². The molecule has 3 rings (SSSR count). The lowest BCUT2D eigenvalue weighted by Crippen LogP contribution is -2.23. The summed E-state index contributed by atoms with van der Waals surface area (Å²) >= 11 is 7.20. The van der Waals surface area contributed by atoms with Crippen molar-refractivity contribution in [2.75, 3.05) is 10.6 Å². The number of carbonyl (C=O) groups excluding carboxylic acids is 2. The molecule has 0 spiro atoms. The van der Waals surface area contributed by atoms with E-state index in [1.807, 2.05) is 6.07 Å². The zero-order valence-electron chi connectivity index (χ0n) is 18.0. The van der Waals surface area contributed by atoms with Gasteiger partial charge in [-0.3, -0.25) is 19.7 Å². The van der Waals surface area contributed by atoms with E-state index in [9.17, 15) is 19.7 Å². The van der Waals surface area contributed by atoms with Crippen molar-refractivity contribution in [3.8, 4) is 0 Å². The molecule has 0 radical (unpaired) electrons. The number of benzene rings is 3. The fourth-order valence-corrected chi connectivity index (χ4v) is 4.04. The van der Waals surface area contributed by atoms with E-state index in [0.29, 0.717) is 16.4 Å². The molecule has 3 aromatic carbocycles. The SMILES string of the molecule is Cc1ccc([N+](=O)[O-])cc1NC(=O)C(C)Sc1cccc(NC(=O)Cc2ccc(Cl)cc2)c1. The highest BCUT2D eigenvalue weighted by atomic mass is 35.5. The van der Waals surface area contributed by atoms with Crippen LogP contribution in [-0.2, 0) is 16.0 Å². The van der Waals surface area contributed by atoms with Gasteiger partial charge in [-0.15, -0.1) is 11.8 Å². The summed E-state index contributed by atoms with van der Waals surface area (Å²) in [5.41, 5.74) is 2.53. The quantitative estimate of drug-likeness (QED) is 0.237. The van der Waals surface area contributed by atoms with Gasteiger partial charge in [0.05, 0.1) is 22.3 Å². The first-order chi connectivity index (χ1) is 15.7. The first kappa shape index (κ1) is 24.3. The number of non-ortho nitro benzene ring substituents is 1. The van der Waals surface area contributed by atoms with Gasteiger partial charge in [0, 0.05) is 27.7 Å². The first-order valence-electron chi connectivity index (χ1n) is 10.1. The minimum absolute atomic E-state index is 0.0850. The highest BCUT2D eigenvalue weighted by Crippen LogP contribution is 2.28. The average molecular weight is 484 g/mol. The van der Waals surface area contributed by atoms with Crippen molar-refractivity contribution in [2.24, 2.45) is 0 Å². The molecule has 0 bridgehead atoms. The zero-order chi connectivity index (χ0) is 24.0. The summed E-state index contributed by atoms with van der Waals surface area (Å²) in [5, 5.41) is 16.8. The normalized spacial score (nSPS) is 11.5. The predicted octanol–water partition coefficient (Wildman–Crippen LogP) is 5.86. The molecule has 3 aromatic rings. The van der Waals surface area contributed by atoms with Crippen LogP contribution in [0.25, 0.3) is 0 Å². The Kier molecular flexibility index (Phi) is 8.08. The minimum Gasteiger partial charge on any atom is -0.326 e. The van der Waals surface area contributed by atoms with E-state index in [4.69, 9.17) is 11.6 Å². The van der Waals surface area contributed by atoms with Gasteiger partial charge >= 0.3 is 0 Å². The third kappa shape index (κ3) is 7.06. The van der Waals surface area contributed by atoms with Crippen molar-refractivity contribution < 1.29 is 14.5 Å². The van der Waals surface area contributed by atoms with Crippen LogP contribution in [0, 0.1) is 17.0 Å². The molecule has 0 saturated heterocycles. The molecule has 0 saturated carbocycles. The molecule has 33 heavy (non-hydrogen) atoms. The molecular weight excluding hydrogens is 462 g/mol. The fraction of sp³-hybridized carbons (Fsp3) is 0.167. The fourth-order valence-electron chi connectivity index (χ4n) is 2.99. The van der Waals surface area contributed by atoms with Crippen molar-refractivity contribution in [2.45, 2.75) is 30.4 Å². The van der Waals surface area contributed by atoms with Crippen molar-refractivity contribution in [3.63, 3.8) is 0 Å². The lowest BCUT2D eigenvalue weighted by atomic mass is 10.1. The minimum atomic E-state index is -0.500. The van der Waals surface area contributed by atoms with Gasteiger partial charge in [-0.2, -0.15) is 0 Å². The van der Waals surface area contributed by atoms with E-state index in [2.05, 4.69) is 10.6 Å². The van der Waals surface area contributed by atoms with Crippen LogP contribution in [0.3, 0.4) is 0 Å².